The summed E-state index contributed by atoms with van der Waals surface area (Å²) in [5.41, 5.74) is -1.20. The van der Waals surface area contributed by atoms with Crippen molar-refractivity contribution in [1.82, 2.24) is 5.32 Å². The van der Waals surface area contributed by atoms with E-state index in [1.807, 2.05) is 53.7 Å². The summed E-state index contributed by atoms with van der Waals surface area (Å²) < 4.78 is 34.6. The molecular formula is C49H75ClN2O11. The van der Waals surface area contributed by atoms with Crippen LogP contribution in [0.15, 0.2) is 36.4 Å². The molecule has 2 spiro atoms. The Hall–Kier alpha value is -2.62. The van der Waals surface area contributed by atoms with Crippen LogP contribution in [-0.2, 0) is 33.3 Å². The van der Waals surface area contributed by atoms with Crippen LogP contribution in [0.5, 0.6) is 0 Å². The number of ketones is 1. The number of amides is 2. The van der Waals surface area contributed by atoms with Crippen molar-refractivity contribution in [2.24, 2.45) is 41.4 Å². The smallest absolute Gasteiger partial charge is 0.319 e. The first-order chi connectivity index (χ1) is 29.6. The van der Waals surface area contributed by atoms with Gasteiger partial charge in [-0.15, -0.1) is 0 Å². The minimum atomic E-state index is -1.39. The fourth-order valence-electron chi connectivity index (χ4n) is 11.5. The lowest BCUT2D eigenvalue weighted by Gasteiger charge is -2.55. The van der Waals surface area contributed by atoms with Crippen molar-refractivity contribution in [3.8, 4) is 0 Å². The number of aliphatic carboxylic acids is 1. The van der Waals surface area contributed by atoms with Gasteiger partial charge in [0.05, 0.1) is 53.7 Å². The zero-order valence-corrected chi connectivity index (χ0v) is 39.9. The largest absolute Gasteiger partial charge is 0.481 e. The van der Waals surface area contributed by atoms with Crippen LogP contribution in [0.25, 0.3) is 0 Å². The molecule has 0 saturated carbocycles. The molecule has 5 heterocycles. The molecule has 6 rings (SSSR count). The van der Waals surface area contributed by atoms with Crippen LogP contribution >= 0.6 is 11.6 Å². The van der Waals surface area contributed by atoms with Gasteiger partial charge in [-0.05, 0) is 114 Å². The van der Waals surface area contributed by atoms with Gasteiger partial charge >= 0.3 is 12.0 Å². The van der Waals surface area contributed by atoms with Gasteiger partial charge in [-0.2, -0.15) is 0 Å². The first kappa shape index (κ1) is 49.8. The number of rotatable bonds is 14. The molecule has 5 aliphatic rings. The number of hydrogen-bond acceptors (Lipinski definition) is 10. The van der Waals surface area contributed by atoms with Crippen LogP contribution in [-0.4, -0.2) is 98.5 Å². The molecule has 0 aliphatic carbocycles. The van der Waals surface area contributed by atoms with Crippen molar-refractivity contribution < 1.29 is 53.4 Å². The van der Waals surface area contributed by atoms with Gasteiger partial charge in [0, 0.05) is 40.8 Å². The first-order valence-electron chi connectivity index (χ1n) is 23.7. The number of carboxylic acids is 1. The maximum atomic E-state index is 14.7. The molecule has 0 aromatic heterocycles. The number of aliphatic hydroxyl groups excluding tert-OH is 1. The highest BCUT2D eigenvalue weighted by molar-refractivity contribution is 6.30. The summed E-state index contributed by atoms with van der Waals surface area (Å²) in [4.78, 5) is 40.4. The summed E-state index contributed by atoms with van der Waals surface area (Å²) in [5, 5.41) is 39.5. The molecule has 18 atom stereocenters. The molecule has 14 heteroatoms. The van der Waals surface area contributed by atoms with E-state index in [0.29, 0.717) is 68.5 Å². The Labute approximate surface area is 379 Å². The Bertz CT molecular complexity index is 1800. The molecule has 1 aromatic carbocycles. The van der Waals surface area contributed by atoms with E-state index in [4.69, 9.17) is 35.3 Å². The maximum absolute atomic E-state index is 14.7. The third-order valence-electron chi connectivity index (χ3n) is 15.9. The van der Waals surface area contributed by atoms with E-state index in [2.05, 4.69) is 31.4 Å². The van der Waals surface area contributed by atoms with Crippen molar-refractivity contribution in [2.45, 2.75) is 199 Å². The summed E-state index contributed by atoms with van der Waals surface area (Å²) in [6.07, 6.45) is 6.22. The Morgan fingerprint density at radius 3 is 2.19 bits per heavy atom. The van der Waals surface area contributed by atoms with Gasteiger partial charge in [-0.1, -0.05) is 73.1 Å². The number of Topliss-reactive ketones (excluding diaryl/α,β-unsaturated/α-hetero) is 1. The molecule has 0 unspecified atom stereocenters. The van der Waals surface area contributed by atoms with E-state index in [9.17, 15) is 29.7 Å². The van der Waals surface area contributed by atoms with Crippen LogP contribution in [0, 0.1) is 41.4 Å². The predicted molar refractivity (Wildman–Crippen MR) is 240 cm³/mol. The summed E-state index contributed by atoms with van der Waals surface area (Å²) in [5.74, 6) is -6.20. The Kier molecular flexibility index (Phi) is 15.6. The molecule has 5 N–H and O–H groups in total. The molecule has 0 radical (unpaired) electrons. The quantitative estimate of drug-likeness (QED) is 0.113. The SMILES string of the molecule is CC[C@@H](C(=O)[C@@H](C)[C@@H](O)[C@H](C)[C@@H]1O[C@@H]([C@@H](CC)C(=O)O)CC[C@@H]1C)[C@H]1O[C@]2(C=C[C@@H](NC(=O)Nc3ccc(Cl)cc3)[C@]3(CC[C@@](C)([C@H]4CC[C@](O)(CC)[C@H](C)O4)O3)O2)[C@H](C)C[C@@H]1C. The zero-order valence-electron chi connectivity index (χ0n) is 39.1. The topological polar surface area (TPSA) is 182 Å². The number of urea groups is 1. The number of carboxylic acid groups (broad SMARTS) is 1. The lowest BCUT2D eigenvalue weighted by Crippen LogP contribution is -2.66. The Balaban J connectivity index is 1.25. The van der Waals surface area contributed by atoms with Gasteiger partial charge < -0.3 is 49.6 Å². The van der Waals surface area contributed by atoms with Crippen LogP contribution in [0.2, 0.25) is 5.02 Å². The number of carbonyl (C=O) groups excluding carboxylic acids is 2. The highest BCUT2D eigenvalue weighted by atomic mass is 35.5. The van der Waals surface area contributed by atoms with Crippen LogP contribution < -0.4 is 10.6 Å². The van der Waals surface area contributed by atoms with Gasteiger partial charge in [0.2, 0.25) is 0 Å². The number of anilines is 1. The van der Waals surface area contributed by atoms with Crippen molar-refractivity contribution in [1.29, 1.82) is 0 Å². The first-order valence-corrected chi connectivity index (χ1v) is 24.1. The van der Waals surface area contributed by atoms with Crippen molar-refractivity contribution in [3.05, 3.63) is 41.4 Å². The highest BCUT2D eigenvalue weighted by Crippen LogP contribution is 2.54. The number of aliphatic hydroxyl groups is 2. The van der Waals surface area contributed by atoms with E-state index in [1.54, 1.807) is 31.2 Å². The summed E-state index contributed by atoms with van der Waals surface area (Å²) >= 11 is 6.10. The fraction of sp³-hybridized carbons (Fsp3) is 0.776. The molecule has 0 bridgehead atoms. The predicted octanol–water partition coefficient (Wildman–Crippen LogP) is 8.67. The molecule has 2 amide bonds. The third kappa shape index (κ3) is 10.1. The van der Waals surface area contributed by atoms with E-state index < -0.39 is 95.0 Å². The molecular weight excluding hydrogens is 828 g/mol. The summed E-state index contributed by atoms with van der Waals surface area (Å²) in [6.45, 7) is 19.6. The highest BCUT2D eigenvalue weighted by Gasteiger charge is 2.63. The average molecular weight is 904 g/mol. The van der Waals surface area contributed by atoms with E-state index in [1.165, 1.54) is 0 Å². The number of halogens is 1. The monoisotopic (exact) mass is 903 g/mol. The molecule has 1 aromatic rings. The third-order valence-corrected chi connectivity index (χ3v) is 16.1. The second-order valence-corrected chi connectivity index (χ2v) is 20.5. The standard InChI is InChI=1S/C49H75ClN2O11/c1-11-35(44(55)56)37-19-14-27(4)42(60-37)31(8)40(53)30(7)41(54)36(12-2)43-28(5)26-29(6)48(61-43)23-20-38(52-45(57)51-34-17-15-33(50)16-18-34)49(63-48)25-24-46(10,62-49)39-21-22-47(58,13-3)32(9)59-39/h15-18,20,23,27-32,35-40,42-43,53,58H,11-14,19,21-22,24-26H2,1-10H3,(H,55,56)(H2,51,52,57)/t27-,28-,29+,30-,31-,32-,35+,36-,37+,38+,39+,40+,42+,43-,46-,47+,48-,49-/m0/s1. The van der Waals surface area contributed by atoms with E-state index in [0.717, 1.165) is 6.42 Å². The number of hydrogen-bond donors (Lipinski definition) is 5. The second kappa shape index (κ2) is 19.7. The van der Waals surface area contributed by atoms with Crippen LogP contribution in [0.1, 0.15) is 133 Å². The number of nitrogens with one attached hydrogen (secondary N) is 2. The second-order valence-electron chi connectivity index (χ2n) is 20.1. The van der Waals surface area contributed by atoms with Gasteiger partial charge in [-0.3, -0.25) is 9.59 Å². The minimum absolute atomic E-state index is 0.0381. The van der Waals surface area contributed by atoms with Gasteiger partial charge in [-0.25, -0.2) is 4.79 Å². The fourth-order valence-corrected chi connectivity index (χ4v) is 11.6. The van der Waals surface area contributed by atoms with E-state index in [-0.39, 0.29) is 29.6 Å². The maximum Gasteiger partial charge on any atom is 0.319 e. The minimum Gasteiger partial charge on any atom is -0.481 e. The average Bonchev–Trinajstić information content (AvgIpc) is 3.59. The van der Waals surface area contributed by atoms with Crippen molar-refractivity contribution in [3.63, 3.8) is 0 Å². The number of carbonyl (C=O) groups is 3. The molecule has 4 fully saturated rings. The van der Waals surface area contributed by atoms with E-state index >= 15 is 0 Å². The van der Waals surface area contributed by atoms with Gasteiger partial charge in [0.1, 0.15) is 11.8 Å². The Morgan fingerprint density at radius 2 is 1.57 bits per heavy atom. The van der Waals surface area contributed by atoms with Crippen molar-refractivity contribution >= 4 is 35.1 Å². The number of ether oxygens (including phenoxy) is 5. The summed E-state index contributed by atoms with van der Waals surface area (Å²) in [6, 6.07) is 5.63. The molecule has 13 nitrogen and oxygen atoms in total. The zero-order chi connectivity index (χ0) is 46.2. The normalized spacial score (nSPS) is 40.5. The molecule has 63 heavy (non-hydrogen) atoms. The Morgan fingerprint density at radius 1 is 0.889 bits per heavy atom. The molecule has 354 valence electrons. The number of benzene rings is 1. The molecule has 5 aliphatic heterocycles. The van der Waals surface area contributed by atoms with Crippen LogP contribution in [0.4, 0.5) is 10.5 Å². The lowest BCUT2D eigenvalue weighted by molar-refractivity contribution is -0.397. The van der Waals surface area contributed by atoms with Crippen LogP contribution in [0.3, 0.4) is 0 Å². The lowest BCUT2D eigenvalue weighted by atomic mass is 9.72. The van der Waals surface area contributed by atoms with Gasteiger partial charge in [0.25, 0.3) is 0 Å². The summed E-state index contributed by atoms with van der Waals surface area (Å²) in [7, 11) is 0. The van der Waals surface area contributed by atoms with Crippen molar-refractivity contribution in [2.75, 3.05) is 5.32 Å². The van der Waals surface area contributed by atoms with Gasteiger partial charge in [0.15, 0.2) is 11.6 Å². The molecule has 4 saturated heterocycles.